The zero-order valence-corrected chi connectivity index (χ0v) is 12.9. The average Bonchev–Trinajstić information content (AvgIpc) is 2.46. The molecule has 0 unspecified atom stereocenters. The van der Waals surface area contributed by atoms with Gasteiger partial charge < -0.3 is 15.4 Å². The number of likely N-dealkylation sites (tertiary alicyclic amines) is 1. The number of pyridine rings is 1. The Balaban J connectivity index is 2.28. The molecule has 4 N–H and O–H groups in total. The third kappa shape index (κ3) is 3.71. The Labute approximate surface area is 125 Å². The van der Waals surface area contributed by atoms with Crippen molar-refractivity contribution in [2.24, 2.45) is 5.84 Å². The van der Waals surface area contributed by atoms with E-state index in [1.165, 1.54) is 0 Å². The minimum absolute atomic E-state index is 0.0358. The Morgan fingerprint density at radius 3 is 2.52 bits per heavy atom. The Kier molecular flexibility index (Phi) is 4.49. The van der Waals surface area contributed by atoms with Crippen molar-refractivity contribution in [2.45, 2.75) is 45.1 Å². The molecule has 1 amide bonds. The van der Waals surface area contributed by atoms with Crippen LogP contribution in [0.25, 0.3) is 0 Å². The molecule has 1 aliphatic rings. The first kappa shape index (κ1) is 15.7. The van der Waals surface area contributed by atoms with E-state index >= 15 is 0 Å². The summed E-state index contributed by atoms with van der Waals surface area (Å²) in [5.74, 6) is 5.91. The third-order valence-electron chi connectivity index (χ3n) is 3.74. The smallest absolute Gasteiger partial charge is 0.254 e. The van der Waals surface area contributed by atoms with E-state index in [1.807, 2.05) is 26.8 Å². The molecule has 1 aromatic rings. The minimum Gasteiger partial charge on any atom is -0.393 e. The number of hydrogen-bond acceptors (Lipinski definition) is 5. The number of nitrogens with one attached hydrogen (secondary N) is 1. The molecule has 0 atom stereocenters. The molecule has 1 fully saturated rings. The van der Waals surface area contributed by atoms with Crippen molar-refractivity contribution in [1.29, 1.82) is 0 Å². The van der Waals surface area contributed by atoms with E-state index < -0.39 is 0 Å². The van der Waals surface area contributed by atoms with Gasteiger partial charge in [0.25, 0.3) is 5.91 Å². The molecule has 2 rings (SSSR count). The summed E-state index contributed by atoms with van der Waals surface area (Å²) in [5.41, 5.74) is 3.76. The van der Waals surface area contributed by atoms with Crippen molar-refractivity contribution in [2.75, 3.05) is 18.5 Å². The van der Waals surface area contributed by atoms with E-state index in [1.54, 1.807) is 11.0 Å². The predicted octanol–water partition coefficient (Wildman–Crippen LogP) is 1.26. The molecule has 6 heteroatoms. The number of carbonyl (C=O) groups is 1. The monoisotopic (exact) mass is 292 g/mol. The van der Waals surface area contributed by atoms with Gasteiger partial charge in [0.15, 0.2) is 0 Å². The minimum atomic E-state index is -0.294. The van der Waals surface area contributed by atoms with Gasteiger partial charge in [0.05, 0.1) is 6.10 Å². The zero-order chi connectivity index (χ0) is 15.6. The van der Waals surface area contributed by atoms with Crippen LogP contribution in [0.2, 0.25) is 0 Å². The van der Waals surface area contributed by atoms with Crippen LogP contribution in [0.15, 0.2) is 12.1 Å². The van der Waals surface area contributed by atoms with Crippen LogP contribution < -0.4 is 11.3 Å². The highest BCUT2D eigenvalue weighted by Crippen LogP contribution is 2.24. The fraction of sp³-hybridized carbons (Fsp3) is 0.600. The summed E-state index contributed by atoms with van der Waals surface area (Å²) in [6.45, 7) is 7.29. The first-order chi connectivity index (χ1) is 9.81. The van der Waals surface area contributed by atoms with Crippen LogP contribution in [0.5, 0.6) is 0 Å². The molecule has 0 aliphatic carbocycles. The van der Waals surface area contributed by atoms with Crippen LogP contribution >= 0.6 is 0 Å². The normalized spacial score (nSPS) is 16.9. The van der Waals surface area contributed by atoms with E-state index in [-0.39, 0.29) is 17.4 Å². The molecule has 0 aromatic carbocycles. The van der Waals surface area contributed by atoms with Crippen molar-refractivity contribution in [3.8, 4) is 0 Å². The Morgan fingerprint density at radius 1 is 1.38 bits per heavy atom. The molecule has 1 aromatic heterocycles. The molecular formula is C15H24N4O2. The molecular weight excluding hydrogens is 268 g/mol. The van der Waals surface area contributed by atoms with E-state index in [9.17, 15) is 9.90 Å². The van der Waals surface area contributed by atoms with E-state index in [4.69, 9.17) is 5.84 Å². The van der Waals surface area contributed by atoms with Crippen molar-refractivity contribution in [1.82, 2.24) is 9.88 Å². The summed E-state index contributed by atoms with van der Waals surface area (Å²) < 4.78 is 0. The lowest BCUT2D eigenvalue weighted by Gasteiger charge is -2.30. The van der Waals surface area contributed by atoms with Gasteiger partial charge in [-0.2, -0.15) is 0 Å². The molecule has 1 saturated heterocycles. The SMILES string of the molecule is CC(C)(C)c1cc(C(=O)N2CCC(O)CC2)cc(NN)n1. The quantitative estimate of drug-likeness (QED) is 0.564. The van der Waals surface area contributed by atoms with Crippen LogP contribution in [-0.4, -0.2) is 40.1 Å². The molecule has 0 bridgehead atoms. The summed E-state index contributed by atoms with van der Waals surface area (Å²) >= 11 is 0. The molecule has 0 radical (unpaired) electrons. The highest BCUT2D eigenvalue weighted by atomic mass is 16.3. The highest BCUT2D eigenvalue weighted by molar-refractivity contribution is 5.95. The van der Waals surface area contributed by atoms with Gasteiger partial charge in [0, 0.05) is 29.8 Å². The molecule has 6 nitrogen and oxygen atoms in total. The average molecular weight is 292 g/mol. The lowest BCUT2D eigenvalue weighted by molar-refractivity contribution is 0.0546. The van der Waals surface area contributed by atoms with Gasteiger partial charge in [-0.25, -0.2) is 10.8 Å². The second-order valence-corrected chi connectivity index (χ2v) is 6.54. The van der Waals surface area contributed by atoms with Gasteiger partial charge in [-0.3, -0.25) is 4.79 Å². The van der Waals surface area contributed by atoms with Gasteiger partial charge >= 0.3 is 0 Å². The van der Waals surface area contributed by atoms with E-state index in [0.29, 0.717) is 37.3 Å². The molecule has 0 saturated carbocycles. The number of nitrogens with zero attached hydrogens (tertiary/aromatic N) is 2. The lowest BCUT2D eigenvalue weighted by Crippen LogP contribution is -2.40. The summed E-state index contributed by atoms with van der Waals surface area (Å²) in [5, 5.41) is 9.54. The van der Waals surface area contributed by atoms with Gasteiger partial charge in [-0.05, 0) is 25.0 Å². The van der Waals surface area contributed by atoms with Crippen LogP contribution in [0.3, 0.4) is 0 Å². The number of hydrogen-bond donors (Lipinski definition) is 3. The number of carbonyl (C=O) groups excluding carboxylic acids is 1. The second-order valence-electron chi connectivity index (χ2n) is 6.54. The lowest BCUT2D eigenvalue weighted by atomic mass is 9.90. The number of aliphatic hydroxyl groups excluding tert-OH is 1. The van der Waals surface area contributed by atoms with Crippen LogP contribution in [0, 0.1) is 0 Å². The fourth-order valence-electron chi connectivity index (χ4n) is 2.36. The predicted molar refractivity (Wildman–Crippen MR) is 81.9 cm³/mol. The number of nitrogen functional groups attached to an aromatic ring is 1. The van der Waals surface area contributed by atoms with Crippen molar-refractivity contribution >= 4 is 11.7 Å². The maximum absolute atomic E-state index is 12.6. The van der Waals surface area contributed by atoms with Crippen molar-refractivity contribution < 1.29 is 9.90 Å². The number of rotatable bonds is 2. The highest BCUT2D eigenvalue weighted by Gasteiger charge is 2.25. The van der Waals surface area contributed by atoms with Gasteiger partial charge in [0.2, 0.25) is 0 Å². The molecule has 1 aliphatic heterocycles. The zero-order valence-electron chi connectivity index (χ0n) is 12.9. The number of anilines is 1. The Morgan fingerprint density at radius 2 is 2.00 bits per heavy atom. The second kappa shape index (κ2) is 5.99. The summed E-state index contributed by atoms with van der Waals surface area (Å²) in [4.78, 5) is 18.8. The molecule has 116 valence electrons. The summed E-state index contributed by atoms with van der Waals surface area (Å²) in [7, 11) is 0. The Hall–Kier alpha value is -1.66. The first-order valence-corrected chi connectivity index (χ1v) is 7.28. The van der Waals surface area contributed by atoms with Crippen LogP contribution in [0.1, 0.15) is 49.7 Å². The summed E-state index contributed by atoms with van der Waals surface area (Å²) in [6, 6.07) is 3.50. The Bertz CT molecular complexity index is 517. The van der Waals surface area contributed by atoms with Crippen molar-refractivity contribution in [3.63, 3.8) is 0 Å². The third-order valence-corrected chi connectivity index (χ3v) is 3.74. The fourth-order valence-corrected chi connectivity index (χ4v) is 2.36. The first-order valence-electron chi connectivity index (χ1n) is 7.28. The van der Waals surface area contributed by atoms with Gasteiger partial charge in [-0.1, -0.05) is 20.8 Å². The maximum atomic E-state index is 12.6. The van der Waals surface area contributed by atoms with Crippen LogP contribution in [-0.2, 0) is 5.41 Å². The molecule has 0 spiro atoms. The molecule has 2 heterocycles. The number of amides is 1. The standard InChI is InChI=1S/C15H24N4O2/c1-15(2,3)12-8-10(9-13(17-12)18-16)14(21)19-6-4-11(20)5-7-19/h8-9,11,20H,4-7,16H2,1-3H3,(H,17,18). The van der Waals surface area contributed by atoms with E-state index in [0.717, 1.165) is 5.69 Å². The number of nitrogens with two attached hydrogens (primary N) is 1. The number of piperidine rings is 1. The largest absolute Gasteiger partial charge is 0.393 e. The van der Waals surface area contributed by atoms with Gasteiger partial charge in [-0.15, -0.1) is 0 Å². The summed E-state index contributed by atoms with van der Waals surface area (Å²) in [6.07, 6.45) is 0.966. The van der Waals surface area contributed by atoms with E-state index in [2.05, 4.69) is 10.4 Å². The number of aromatic nitrogens is 1. The van der Waals surface area contributed by atoms with Crippen molar-refractivity contribution in [3.05, 3.63) is 23.4 Å². The topological polar surface area (TPSA) is 91.5 Å². The van der Waals surface area contributed by atoms with Crippen LogP contribution in [0.4, 0.5) is 5.82 Å². The maximum Gasteiger partial charge on any atom is 0.254 e. The number of hydrazine groups is 1. The van der Waals surface area contributed by atoms with Gasteiger partial charge in [0.1, 0.15) is 5.82 Å². The molecule has 21 heavy (non-hydrogen) atoms. The number of aliphatic hydroxyl groups is 1.